The van der Waals surface area contributed by atoms with E-state index in [-0.39, 0.29) is 11.8 Å². The third-order valence-electron chi connectivity index (χ3n) is 6.91. The highest BCUT2D eigenvalue weighted by molar-refractivity contribution is 6.30. The quantitative estimate of drug-likeness (QED) is 0.737. The molecule has 168 valence electrons. The summed E-state index contributed by atoms with van der Waals surface area (Å²) in [7, 11) is 0. The normalized spacial score (nSPS) is 20.5. The number of benzene rings is 1. The van der Waals surface area contributed by atoms with E-state index in [0.717, 1.165) is 42.9 Å². The average molecular weight is 455 g/mol. The molecule has 0 spiro atoms. The molecule has 32 heavy (non-hydrogen) atoms. The fourth-order valence-corrected chi connectivity index (χ4v) is 5.25. The lowest BCUT2D eigenvalue weighted by molar-refractivity contribution is -0.139. The highest BCUT2D eigenvalue weighted by Crippen LogP contribution is 2.37. The van der Waals surface area contributed by atoms with Crippen molar-refractivity contribution in [1.29, 1.82) is 0 Å². The number of amides is 2. The Morgan fingerprint density at radius 2 is 1.72 bits per heavy atom. The van der Waals surface area contributed by atoms with Gasteiger partial charge in [-0.05, 0) is 50.0 Å². The monoisotopic (exact) mass is 454 g/mol. The molecule has 3 aliphatic rings. The largest absolute Gasteiger partial charge is 0.353 e. The van der Waals surface area contributed by atoms with Gasteiger partial charge in [-0.1, -0.05) is 23.7 Å². The topological polar surface area (TPSA) is 90.5 Å². The lowest BCUT2D eigenvalue weighted by atomic mass is 9.72. The first kappa shape index (κ1) is 21.2. The summed E-state index contributed by atoms with van der Waals surface area (Å²) in [4.78, 5) is 38.5. The van der Waals surface area contributed by atoms with Gasteiger partial charge in [-0.2, -0.15) is 0 Å². The van der Waals surface area contributed by atoms with Crippen LogP contribution < -0.4 is 15.5 Å². The predicted octanol–water partition coefficient (Wildman–Crippen LogP) is 1.98. The summed E-state index contributed by atoms with van der Waals surface area (Å²) in [5.41, 5.74) is 1.54. The SMILES string of the molecule is O=C1CCc2c(ncnc2N2CCN(C(=O)C3(c4ccc(Cl)cc4)CCNCC3)CC2)N1. The minimum Gasteiger partial charge on any atom is -0.353 e. The number of fused-ring (bicyclic) bond motifs is 1. The molecule has 1 aromatic heterocycles. The number of nitrogens with one attached hydrogen (secondary N) is 2. The Kier molecular flexibility index (Phi) is 5.73. The Morgan fingerprint density at radius 3 is 2.44 bits per heavy atom. The molecular formula is C23H27ClN6O2. The third-order valence-corrected chi connectivity index (χ3v) is 7.16. The van der Waals surface area contributed by atoms with Crippen LogP contribution in [-0.2, 0) is 21.4 Å². The van der Waals surface area contributed by atoms with Gasteiger partial charge in [-0.3, -0.25) is 9.59 Å². The maximum atomic E-state index is 13.8. The standard InChI is InChI=1S/C23H27ClN6O2/c24-17-3-1-16(2-4-17)23(7-9-25-10-8-23)22(32)30-13-11-29(12-14-30)21-18-5-6-19(31)28-20(18)26-15-27-21/h1-4,15,25H,5-14H2,(H,26,27,28,31). The fourth-order valence-electron chi connectivity index (χ4n) is 5.12. The van der Waals surface area contributed by atoms with Crippen molar-refractivity contribution in [2.75, 3.05) is 49.5 Å². The molecule has 2 saturated heterocycles. The number of anilines is 2. The molecule has 0 unspecified atom stereocenters. The van der Waals surface area contributed by atoms with E-state index in [9.17, 15) is 9.59 Å². The molecule has 9 heteroatoms. The van der Waals surface area contributed by atoms with Gasteiger partial charge < -0.3 is 20.4 Å². The number of carbonyl (C=O) groups excluding carboxylic acids is 2. The Labute approximate surface area is 192 Å². The van der Waals surface area contributed by atoms with E-state index in [1.54, 1.807) is 0 Å². The smallest absolute Gasteiger partial charge is 0.233 e. The van der Waals surface area contributed by atoms with Crippen LogP contribution in [0.3, 0.4) is 0 Å². The number of hydrogen-bond acceptors (Lipinski definition) is 6. The molecule has 3 aliphatic heterocycles. The zero-order valence-corrected chi connectivity index (χ0v) is 18.7. The van der Waals surface area contributed by atoms with Gasteiger partial charge in [0.05, 0.1) is 5.41 Å². The van der Waals surface area contributed by atoms with Gasteiger partial charge in [0.25, 0.3) is 0 Å². The number of piperidine rings is 1. The first-order valence-electron chi connectivity index (χ1n) is 11.2. The van der Waals surface area contributed by atoms with Gasteiger partial charge in [0.15, 0.2) is 0 Å². The van der Waals surface area contributed by atoms with Crippen molar-refractivity contribution in [2.24, 2.45) is 0 Å². The van der Waals surface area contributed by atoms with Gasteiger partial charge >= 0.3 is 0 Å². The summed E-state index contributed by atoms with van der Waals surface area (Å²) in [6.45, 7) is 4.36. The fraction of sp³-hybridized carbons (Fsp3) is 0.478. The van der Waals surface area contributed by atoms with E-state index >= 15 is 0 Å². The van der Waals surface area contributed by atoms with Gasteiger partial charge in [0.2, 0.25) is 11.8 Å². The number of piperazine rings is 1. The van der Waals surface area contributed by atoms with Crippen molar-refractivity contribution in [3.63, 3.8) is 0 Å². The van der Waals surface area contributed by atoms with Crippen molar-refractivity contribution >= 4 is 35.1 Å². The van der Waals surface area contributed by atoms with Crippen LogP contribution in [0.5, 0.6) is 0 Å². The summed E-state index contributed by atoms with van der Waals surface area (Å²) >= 11 is 6.11. The number of carbonyl (C=O) groups is 2. The van der Waals surface area contributed by atoms with Gasteiger partial charge in [0.1, 0.15) is 18.0 Å². The van der Waals surface area contributed by atoms with Crippen LogP contribution in [0.4, 0.5) is 11.6 Å². The molecule has 2 amide bonds. The number of hydrogen-bond donors (Lipinski definition) is 2. The Morgan fingerprint density at radius 1 is 1.00 bits per heavy atom. The van der Waals surface area contributed by atoms with Crippen LogP contribution >= 0.6 is 11.6 Å². The molecule has 0 bridgehead atoms. The minimum atomic E-state index is -0.504. The molecule has 2 N–H and O–H groups in total. The summed E-state index contributed by atoms with van der Waals surface area (Å²) < 4.78 is 0. The van der Waals surface area contributed by atoms with E-state index in [1.807, 2.05) is 29.2 Å². The maximum absolute atomic E-state index is 13.8. The van der Waals surface area contributed by atoms with E-state index < -0.39 is 5.41 Å². The first-order valence-corrected chi connectivity index (χ1v) is 11.6. The number of nitrogens with zero attached hydrogens (tertiary/aromatic N) is 4. The van der Waals surface area contributed by atoms with Crippen molar-refractivity contribution in [3.05, 3.63) is 46.7 Å². The summed E-state index contributed by atoms with van der Waals surface area (Å²) in [5, 5.41) is 6.91. The Balaban J connectivity index is 1.33. The van der Waals surface area contributed by atoms with Crippen LogP contribution in [-0.4, -0.2) is 66.0 Å². The van der Waals surface area contributed by atoms with Crippen molar-refractivity contribution in [2.45, 2.75) is 31.1 Å². The molecule has 0 saturated carbocycles. The molecular weight excluding hydrogens is 428 g/mol. The van der Waals surface area contributed by atoms with Crippen molar-refractivity contribution < 1.29 is 9.59 Å². The van der Waals surface area contributed by atoms with Crippen LogP contribution in [0.25, 0.3) is 0 Å². The third kappa shape index (κ3) is 3.82. The molecule has 0 radical (unpaired) electrons. The second-order valence-corrected chi connectivity index (χ2v) is 9.13. The molecule has 0 aliphatic carbocycles. The molecule has 4 heterocycles. The molecule has 2 aromatic rings. The second kappa shape index (κ2) is 8.67. The van der Waals surface area contributed by atoms with Gasteiger partial charge in [-0.15, -0.1) is 0 Å². The zero-order valence-electron chi connectivity index (χ0n) is 17.9. The zero-order chi connectivity index (χ0) is 22.1. The van der Waals surface area contributed by atoms with Crippen LogP contribution in [0.2, 0.25) is 5.02 Å². The van der Waals surface area contributed by atoms with Crippen molar-refractivity contribution in [3.8, 4) is 0 Å². The molecule has 0 atom stereocenters. The molecule has 8 nitrogen and oxygen atoms in total. The van der Waals surface area contributed by atoms with Gasteiger partial charge in [0, 0.05) is 43.2 Å². The molecule has 2 fully saturated rings. The van der Waals surface area contributed by atoms with E-state index in [0.29, 0.717) is 49.9 Å². The highest BCUT2D eigenvalue weighted by atomic mass is 35.5. The average Bonchev–Trinajstić information content (AvgIpc) is 2.84. The number of rotatable bonds is 3. The van der Waals surface area contributed by atoms with E-state index in [2.05, 4.69) is 25.5 Å². The van der Waals surface area contributed by atoms with E-state index in [1.165, 1.54) is 6.33 Å². The lowest BCUT2D eigenvalue weighted by Gasteiger charge is -2.44. The summed E-state index contributed by atoms with van der Waals surface area (Å²) in [6.07, 6.45) is 4.16. The number of halogens is 1. The summed E-state index contributed by atoms with van der Waals surface area (Å²) in [6, 6.07) is 7.76. The van der Waals surface area contributed by atoms with E-state index in [4.69, 9.17) is 11.6 Å². The van der Waals surface area contributed by atoms with Gasteiger partial charge in [-0.25, -0.2) is 9.97 Å². The lowest BCUT2D eigenvalue weighted by Crippen LogP contribution is -2.57. The summed E-state index contributed by atoms with van der Waals surface area (Å²) in [5.74, 6) is 1.68. The first-order chi connectivity index (χ1) is 15.6. The minimum absolute atomic E-state index is 0.00737. The maximum Gasteiger partial charge on any atom is 0.233 e. The highest BCUT2D eigenvalue weighted by Gasteiger charge is 2.44. The Hall–Kier alpha value is -2.71. The second-order valence-electron chi connectivity index (χ2n) is 8.69. The molecule has 1 aromatic carbocycles. The number of aromatic nitrogens is 2. The van der Waals surface area contributed by atoms with Crippen molar-refractivity contribution in [1.82, 2.24) is 20.2 Å². The van der Waals surface area contributed by atoms with Crippen LogP contribution in [0, 0.1) is 0 Å². The Bertz CT molecular complexity index is 1010. The predicted molar refractivity (Wildman–Crippen MR) is 123 cm³/mol. The van der Waals surface area contributed by atoms with Crippen LogP contribution in [0.1, 0.15) is 30.4 Å². The molecule has 5 rings (SSSR count). The van der Waals surface area contributed by atoms with Crippen LogP contribution in [0.15, 0.2) is 30.6 Å².